The van der Waals surface area contributed by atoms with Crippen LogP contribution in [0.1, 0.15) is 50.4 Å². The zero-order valence-corrected chi connectivity index (χ0v) is 11.3. The van der Waals surface area contributed by atoms with E-state index < -0.39 is 0 Å². The molecule has 1 aromatic heterocycles. The van der Waals surface area contributed by atoms with Gasteiger partial charge in [0, 0.05) is 20.1 Å². The lowest BCUT2D eigenvalue weighted by Gasteiger charge is -2.10. The lowest BCUT2D eigenvalue weighted by molar-refractivity contribution is 0.155. The number of methoxy groups -OCH3 is 1. The molecule has 1 aromatic rings. The zero-order valence-electron chi connectivity index (χ0n) is 11.3. The summed E-state index contributed by atoms with van der Waals surface area (Å²) in [5.41, 5.74) is 0. The van der Waals surface area contributed by atoms with Crippen molar-refractivity contribution in [1.82, 2.24) is 15.5 Å². The smallest absolute Gasteiger partial charge is 0.227 e. The van der Waals surface area contributed by atoms with Gasteiger partial charge >= 0.3 is 0 Å². The van der Waals surface area contributed by atoms with E-state index in [0.29, 0.717) is 5.92 Å². The molecular formula is C13H23N3O2. The van der Waals surface area contributed by atoms with Crippen molar-refractivity contribution < 1.29 is 9.26 Å². The van der Waals surface area contributed by atoms with E-state index in [1.807, 2.05) is 0 Å². The van der Waals surface area contributed by atoms with Crippen LogP contribution in [0, 0.1) is 5.92 Å². The largest absolute Gasteiger partial charge is 0.384 e. The predicted molar refractivity (Wildman–Crippen MR) is 68.3 cm³/mol. The van der Waals surface area contributed by atoms with Crippen molar-refractivity contribution in [2.24, 2.45) is 5.92 Å². The minimum atomic E-state index is 0.266. The monoisotopic (exact) mass is 253 g/mol. The quantitative estimate of drug-likeness (QED) is 0.870. The molecule has 0 amide bonds. The average Bonchev–Trinajstić information content (AvgIpc) is 2.64. The Bertz CT molecular complexity index is 346. The topological polar surface area (TPSA) is 60.2 Å². The molecule has 0 aromatic carbocycles. The molecular weight excluding hydrogens is 230 g/mol. The molecule has 0 saturated carbocycles. The van der Waals surface area contributed by atoms with Crippen molar-refractivity contribution in [2.45, 2.75) is 45.1 Å². The van der Waals surface area contributed by atoms with Gasteiger partial charge in [0.25, 0.3) is 0 Å². The van der Waals surface area contributed by atoms with E-state index in [-0.39, 0.29) is 6.04 Å². The maximum Gasteiger partial charge on any atom is 0.227 e. The molecule has 0 radical (unpaired) electrons. The van der Waals surface area contributed by atoms with Crippen molar-refractivity contribution >= 4 is 0 Å². The third-order valence-corrected chi connectivity index (χ3v) is 3.33. The van der Waals surface area contributed by atoms with Gasteiger partial charge in [0.2, 0.25) is 5.89 Å². The van der Waals surface area contributed by atoms with Crippen molar-refractivity contribution in [3.63, 3.8) is 0 Å². The zero-order chi connectivity index (χ0) is 12.8. The molecule has 2 atom stereocenters. The van der Waals surface area contributed by atoms with Crippen LogP contribution >= 0.6 is 0 Å². The highest BCUT2D eigenvalue weighted by Gasteiger charge is 2.20. The number of rotatable bonds is 5. The second kappa shape index (κ2) is 6.85. The van der Waals surface area contributed by atoms with Gasteiger partial charge in [0.05, 0.1) is 6.04 Å². The van der Waals surface area contributed by atoms with Gasteiger partial charge in [-0.1, -0.05) is 24.9 Å². The molecule has 2 rings (SSSR count). The van der Waals surface area contributed by atoms with Crippen molar-refractivity contribution in [3.8, 4) is 0 Å². The Balaban J connectivity index is 1.92. The van der Waals surface area contributed by atoms with Gasteiger partial charge in [-0.05, 0) is 25.3 Å². The van der Waals surface area contributed by atoms with Gasteiger partial charge in [-0.15, -0.1) is 0 Å². The number of hydrogen-bond acceptors (Lipinski definition) is 5. The number of nitrogens with one attached hydrogen (secondary N) is 1. The highest BCUT2D eigenvalue weighted by molar-refractivity contribution is 4.95. The van der Waals surface area contributed by atoms with E-state index in [4.69, 9.17) is 9.26 Å². The van der Waals surface area contributed by atoms with Gasteiger partial charge in [0.15, 0.2) is 5.82 Å². The van der Waals surface area contributed by atoms with Crippen molar-refractivity contribution in [3.05, 3.63) is 11.7 Å². The highest BCUT2D eigenvalue weighted by Crippen LogP contribution is 2.20. The molecule has 5 nitrogen and oxygen atoms in total. The summed E-state index contributed by atoms with van der Waals surface area (Å²) in [6.07, 6.45) is 5.66. The molecule has 1 saturated heterocycles. The number of nitrogens with zero attached hydrogens (tertiary/aromatic N) is 2. The van der Waals surface area contributed by atoms with E-state index >= 15 is 0 Å². The van der Waals surface area contributed by atoms with E-state index in [2.05, 4.69) is 22.4 Å². The van der Waals surface area contributed by atoms with E-state index in [1.165, 1.54) is 19.3 Å². The first-order valence-electron chi connectivity index (χ1n) is 6.84. The van der Waals surface area contributed by atoms with Crippen LogP contribution in [0.25, 0.3) is 0 Å². The predicted octanol–water partition coefficient (Wildman–Crippen LogP) is 2.10. The molecule has 1 aliphatic heterocycles. The van der Waals surface area contributed by atoms with Crippen LogP contribution in [0.2, 0.25) is 0 Å². The van der Waals surface area contributed by atoms with Gasteiger partial charge in [0.1, 0.15) is 0 Å². The number of ether oxygens (including phenoxy) is 1. The second-order valence-electron chi connectivity index (χ2n) is 5.17. The molecule has 1 fully saturated rings. The molecule has 0 spiro atoms. The summed E-state index contributed by atoms with van der Waals surface area (Å²) in [5.74, 6) is 1.95. The number of hydrogen-bond donors (Lipinski definition) is 1. The molecule has 5 heteroatoms. The maximum absolute atomic E-state index is 5.32. The van der Waals surface area contributed by atoms with Crippen molar-refractivity contribution in [2.75, 3.05) is 20.3 Å². The molecule has 102 valence electrons. The normalized spacial score (nSPS) is 22.7. The minimum Gasteiger partial charge on any atom is -0.384 e. The Kier molecular flexibility index (Phi) is 5.13. The molecule has 0 bridgehead atoms. The summed E-state index contributed by atoms with van der Waals surface area (Å²) in [7, 11) is 1.71. The van der Waals surface area contributed by atoms with Crippen LogP contribution in [0.4, 0.5) is 0 Å². The Labute approximate surface area is 108 Å². The van der Waals surface area contributed by atoms with E-state index in [0.717, 1.165) is 37.7 Å². The fourth-order valence-electron chi connectivity index (χ4n) is 2.38. The van der Waals surface area contributed by atoms with Gasteiger partial charge in [-0.25, -0.2) is 0 Å². The Morgan fingerprint density at radius 2 is 2.33 bits per heavy atom. The van der Waals surface area contributed by atoms with Gasteiger partial charge in [-0.3, -0.25) is 0 Å². The molecule has 1 N–H and O–H groups in total. The molecule has 2 heterocycles. The fraction of sp³-hybridized carbons (Fsp3) is 0.846. The lowest BCUT2D eigenvalue weighted by atomic mass is 10.1. The summed E-state index contributed by atoms with van der Waals surface area (Å²) < 4.78 is 10.4. The van der Waals surface area contributed by atoms with Crippen molar-refractivity contribution in [1.29, 1.82) is 0 Å². The summed E-state index contributed by atoms with van der Waals surface area (Å²) in [4.78, 5) is 4.50. The van der Waals surface area contributed by atoms with E-state index in [1.54, 1.807) is 7.11 Å². The first-order chi connectivity index (χ1) is 8.79. The highest BCUT2D eigenvalue weighted by atomic mass is 16.5. The van der Waals surface area contributed by atoms with Crippen LogP contribution in [0.3, 0.4) is 0 Å². The molecule has 2 unspecified atom stereocenters. The molecule has 18 heavy (non-hydrogen) atoms. The summed E-state index contributed by atoms with van der Waals surface area (Å²) in [5, 5.41) is 7.59. The Morgan fingerprint density at radius 1 is 1.44 bits per heavy atom. The lowest BCUT2D eigenvalue weighted by Crippen LogP contribution is -2.21. The first-order valence-corrected chi connectivity index (χ1v) is 6.84. The fourth-order valence-corrected chi connectivity index (χ4v) is 2.38. The third-order valence-electron chi connectivity index (χ3n) is 3.33. The SMILES string of the molecule is COCC(C)Cc1nc(C2CCCCCN2)no1. The summed E-state index contributed by atoms with van der Waals surface area (Å²) in [6, 6.07) is 0.266. The van der Waals surface area contributed by atoms with Crippen LogP contribution in [0.5, 0.6) is 0 Å². The second-order valence-corrected chi connectivity index (χ2v) is 5.17. The van der Waals surface area contributed by atoms with Crippen LogP contribution < -0.4 is 5.32 Å². The van der Waals surface area contributed by atoms with Crippen LogP contribution in [-0.4, -0.2) is 30.4 Å². The molecule has 0 aliphatic carbocycles. The average molecular weight is 253 g/mol. The summed E-state index contributed by atoms with van der Waals surface area (Å²) in [6.45, 7) is 3.89. The van der Waals surface area contributed by atoms with Crippen LogP contribution in [0.15, 0.2) is 4.52 Å². The van der Waals surface area contributed by atoms with Crippen LogP contribution in [-0.2, 0) is 11.2 Å². The minimum absolute atomic E-state index is 0.266. The first kappa shape index (κ1) is 13.5. The Hall–Kier alpha value is -0.940. The Morgan fingerprint density at radius 3 is 3.17 bits per heavy atom. The third kappa shape index (κ3) is 3.78. The van der Waals surface area contributed by atoms with Gasteiger partial charge < -0.3 is 14.6 Å². The van der Waals surface area contributed by atoms with Gasteiger partial charge in [-0.2, -0.15) is 4.98 Å². The van der Waals surface area contributed by atoms with E-state index in [9.17, 15) is 0 Å². The standard InChI is InChI=1S/C13H23N3O2/c1-10(9-17-2)8-12-15-13(16-18-12)11-6-4-3-5-7-14-11/h10-11,14H,3-9H2,1-2H3. The maximum atomic E-state index is 5.32. The molecule has 1 aliphatic rings. The number of aromatic nitrogens is 2. The summed E-state index contributed by atoms with van der Waals surface area (Å²) >= 11 is 0.